The van der Waals surface area contributed by atoms with Crippen molar-refractivity contribution in [2.45, 2.75) is 13.0 Å². The summed E-state index contributed by atoms with van der Waals surface area (Å²) in [6, 6.07) is 8.58. The molecule has 1 unspecified atom stereocenters. The van der Waals surface area contributed by atoms with Crippen molar-refractivity contribution in [1.29, 1.82) is 0 Å². The lowest BCUT2D eigenvalue weighted by Gasteiger charge is -1.99. The van der Waals surface area contributed by atoms with Crippen LogP contribution in [0.3, 0.4) is 0 Å². The van der Waals surface area contributed by atoms with Gasteiger partial charge in [-0.1, -0.05) is 0 Å². The molecule has 0 radical (unpaired) electrons. The van der Waals surface area contributed by atoms with E-state index in [1.165, 1.54) is 12.1 Å². The van der Waals surface area contributed by atoms with Crippen LogP contribution in [0.1, 0.15) is 18.5 Å². The van der Waals surface area contributed by atoms with E-state index in [1.54, 1.807) is 23.5 Å². The largest absolute Gasteiger partial charge is 0.324 e. The maximum atomic E-state index is 10.5. The quantitative estimate of drug-likeness (QED) is 0.669. The van der Waals surface area contributed by atoms with E-state index in [2.05, 4.69) is 0 Å². The molecule has 0 aliphatic rings. The second kappa shape index (κ2) is 4.65. The van der Waals surface area contributed by atoms with E-state index < -0.39 is 4.92 Å². The first kappa shape index (κ1) is 11.8. The van der Waals surface area contributed by atoms with E-state index in [0.29, 0.717) is 0 Å². The van der Waals surface area contributed by atoms with Gasteiger partial charge in [0.05, 0.1) is 4.92 Å². The Morgan fingerprint density at radius 3 is 2.47 bits per heavy atom. The Hall–Kier alpha value is -1.72. The van der Waals surface area contributed by atoms with Crippen LogP contribution in [0, 0.1) is 10.1 Å². The lowest BCUT2D eigenvalue weighted by molar-refractivity contribution is -0.384. The zero-order valence-corrected chi connectivity index (χ0v) is 10.1. The fraction of sp³-hybridized carbons (Fsp3) is 0.167. The minimum absolute atomic E-state index is 0.0121. The molecule has 1 aromatic heterocycles. The van der Waals surface area contributed by atoms with E-state index in [4.69, 9.17) is 5.73 Å². The van der Waals surface area contributed by atoms with Crippen LogP contribution in [0.4, 0.5) is 5.69 Å². The van der Waals surface area contributed by atoms with Crippen molar-refractivity contribution in [2.75, 3.05) is 0 Å². The Balaban J connectivity index is 2.30. The van der Waals surface area contributed by atoms with Crippen LogP contribution in [0.5, 0.6) is 0 Å². The minimum atomic E-state index is -0.397. The maximum absolute atomic E-state index is 10.5. The van der Waals surface area contributed by atoms with Crippen LogP contribution in [0.15, 0.2) is 35.7 Å². The number of non-ortho nitro benzene ring substituents is 1. The zero-order valence-electron chi connectivity index (χ0n) is 9.29. The van der Waals surface area contributed by atoms with E-state index in [9.17, 15) is 10.1 Å². The third kappa shape index (κ3) is 2.51. The number of benzene rings is 1. The second-order valence-corrected chi connectivity index (χ2v) is 4.75. The highest BCUT2D eigenvalue weighted by Crippen LogP contribution is 2.30. The van der Waals surface area contributed by atoms with Gasteiger partial charge in [0.1, 0.15) is 0 Å². The van der Waals surface area contributed by atoms with Crippen LogP contribution in [-0.2, 0) is 0 Å². The normalized spacial score (nSPS) is 12.4. The molecular formula is C12H12N2O2S. The number of nitrogens with two attached hydrogens (primary N) is 1. The number of thiophene rings is 1. The molecule has 88 valence electrons. The average Bonchev–Trinajstić information content (AvgIpc) is 2.78. The molecule has 0 bridgehead atoms. The molecule has 0 aliphatic heterocycles. The molecule has 0 fully saturated rings. The van der Waals surface area contributed by atoms with Crippen molar-refractivity contribution in [3.05, 3.63) is 51.4 Å². The summed E-state index contributed by atoms with van der Waals surface area (Å²) < 4.78 is 0. The molecule has 2 N–H and O–H groups in total. The van der Waals surface area contributed by atoms with Crippen LogP contribution in [-0.4, -0.2) is 4.92 Å². The van der Waals surface area contributed by atoms with Crippen molar-refractivity contribution < 1.29 is 4.92 Å². The molecule has 5 heteroatoms. The van der Waals surface area contributed by atoms with Gasteiger partial charge in [-0.25, -0.2) is 0 Å². The summed E-state index contributed by atoms with van der Waals surface area (Å²) in [7, 11) is 0. The maximum Gasteiger partial charge on any atom is 0.269 e. The predicted molar refractivity (Wildman–Crippen MR) is 69.0 cm³/mol. The molecule has 0 saturated carbocycles. The monoisotopic (exact) mass is 248 g/mol. The molecule has 0 aliphatic carbocycles. The van der Waals surface area contributed by atoms with Gasteiger partial charge < -0.3 is 5.73 Å². The van der Waals surface area contributed by atoms with E-state index in [-0.39, 0.29) is 11.7 Å². The summed E-state index contributed by atoms with van der Waals surface area (Å²) >= 11 is 1.60. The van der Waals surface area contributed by atoms with Gasteiger partial charge in [0.2, 0.25) is 0 Å². The summed E-state index contributed by atoms with van der Waals surface area (Å²) in [6.07, 6.45) is 0. The lowest BCUT2D eigenvalue weighted by Crippen LogP contribution is -2.02. The van der Waals surface area contributed by atoms with Gasteiger partial charge in [0.25, 0.3) is 5.69 Å². The molecule has 2 rings (SSSR count). The van der Waals surface area contributed by atoms with Gasteiger partial charge in [-0.15, -0.1) is 11.3 Å². The van der Waals surface area contributed by atoms with Crippen molar-refractivity contribution in [1.82, 2.24) is 0 Å². The highest BCUT2D eigenvalue weighted by Gasteiger charge is 2.08. The van der Waals surface area contributed by atoms with Crippen LogP contribution < -0.4 is 5.73 Å². The molecule has 0 saturated heterocycles. The average molecular weight is 248 g/mol. The third-order valence-corrected chi connectivity index (χ3v) is 3.51. The Kier molecular flexibility index (Phi) is 3.21. The second-order valence-electron chi connectivity index (χ2n) is 3.84. The number of hydrogen-bond donors (Lipinski definition) is 1. The number of nitro groups is 1. The van der Waals surface area contributed by atoms with Crippen molar-refractivity contribution in [2.24, 2.45) is 5.73 Å². The van der Waals surface area contributed by atoms with Gasteiger partial charge in [-0.3, -0.25) is 10.1 Å². The van der Waals surface area contributed by atoms with Gasteiger partial charge in [0, 0.05) is 23.1 Å². The van der Waals surface area contributed by atoms with Gasteiger partial charge in [-0.05, 0) is 41.6 Å². The van der Waals surface area contributed by atoms with Crippen LogP contribution >= 0.6 is 11.3 Å². The Morgan fingerprint density at radius 2 is 2.00 bits per heavy atom. The molecule has 0 spiro atoms. The Labute approximate surface area is 103 Å². The van der Waals surface area contributed by atoms with E-state index >= 15 is 0 Å². The van der Waals surface area contributed by atoms with Crippen molar-refractivity contribution in [3.8, 4) is 10.4 Å². The predicted octanol–water partition coefficient (Wildman–Crippen LogP) is 3.34. The van der Waals surface area contributed by atoms with Gasteiger partial charge in [0.15, 0.2) is 0 Å². The minimum Gasteiger partial charge on any atom is -0.324 e. The van der Waals surface area contributed by atoms with Crippen LogP contribution in [0.2, 0.25) is 0 Å². The fourth-order valence-corrected chi connectivity index (χ4v) is 2.51. The molecule has 0 amide bonds. The molecule has 2 aromatic rings. The molecule has 1 aromatic carbocycles. The topological polar surface area (TPSA) is 69.2 Å². The van der Waals surface area contributed by atoms with Gasteiger partial charge in [-0.2, -0.15) is 0 Å². The van der Waals surface area contributed by atoms with E-state index in [0.717, 1.165) is 16.0 Å². The Bertz CT molecular complexity index is 532. The third-order valence-electron chi connectivity index (χ3n) is 2.51. The summed E-state index contributed by atoms with van der Waals surface area (Å²) in [5, 5.41) is 12.5. The first-order chi connectivity index (χ1) is 8.08. The summed E-state index contributed by atoms with van der Waals surface area (Å²) in [5.74, 6) is 0. The standard InChI is InChI=1S/C12H12N2O2S/c1-8(13)10-6-12(17-7-10)9-2-4-11(5-3-9)14(15)16/h2-8H,13H2,1H3. The fourth-order valence-electron chi connectivity index (χ4n) is 1.49. The first-order valence-corrected chi connectivity index (χ1v) is 6.04. The number of nitro benzene ring substituents is 1. The zero-order chi connectivity index (χ0) is 12.4. The smallest absolute Gasteiger partial charge is 0.269 e. The SMILES string of the molecule is CC(N)c1csc(-c2ccc([N+](=O)[O-])cc2)c1. The van der Waals surface area contributed by atoms with Gasteiger partial charge >= 0.3 is 0 Å². The highest BCUT2D eigenvalue weighted by molar-refractivity contribution is 7.13. The molecule has 1 atom stereocenters. The Morgan fingerprint density at radius 1 is 1.35 bits per heavy atom. The molecular weight excluding hydrogens is 236 g/mol. The lowest BCUT2D eigenvalue weighted by atomic mass is 10.1. The van der Waals surface area contributed by atoms with Crippen LogP contribution in [0.25, 0.3) is 10.4 Å². The van der Waals surface area contributed by atoms with Crippen molar-refractivity contribution in [3.63, 3.8) is 0 Å². The molecule has 4 nitrogen and oxygen atoms in total. The molecule has 1 heterocycles. The number of hydrogen-bond acceptors (Lipinski definition) is 4. The summed E-state index contributed by atoms with van der Waals surface area (Å²) in [5.41, 5.74) is 7.96. The van der Waals surface area contributed by atoms with E-state index in [1.807, 2.05) is 18.4 Å². The molecule has 17 heavy (non-hydrogen) atoms. The number of nitrogens with zero attached hydrogens (tertiary/aromatic N) is 1. The highest BCUT2D eigenvalue weighted by atomic mass is 32.1. The van der Waals surface area contributed by atoms with Crippen molar-refractivity contribution >= 4 is 17.0 Å². The summed E-state index contributed by atoms with van der Waals surface area (Å²) in [4.78, 5) is 11.2. The summed E-state index contributed by atoms with van der Waals surface area (Å²) in [6.45, 7) is 1.93. The number of rotatable bonds is 3. The first-order valence-electron chi connectivity index (χ1n) is 5.17.